The molecule has 0 saturated carbocycles. The lowest BCUT2D eigenvalue weighted by Gasteiger charge is -2.22. The van der Waals surface area contributed by atoms with Crippen molar-refractivity contribution in [2.45, 2.75) is 26.0 Å². The van der Waals surface area contributed by atoms with E-state index >= 15 is 0 Å². The van der Waals surface area contributed by atoms with Crippen molar-refractivity contribution in [3.63, 3.8) is 0 Å². The summed E-state index contributed by atoms with van der Waals surface area (Å²) in [4.78, 5) is 28.1. The van der Waals surface area contributed by atoms with Gasteiger partial charge in [0.1, 0.15) is 23.3 Å². The van der Waals surface area contributed by atoms with Gasteiger partial charge in [0.2, 0.25) is 5.91 Å². The summed E-state index contributed by atoms with van der Waals surface area (Å²) in [6.45, 7) is 0.199. The number of pyridine rings is 1. The van der Waals surface area contributed by atoms with Crippen molar-refractivity contribution in [1.29, 1.82) is 0 Å². The highest BCUT2D eigenvalue weighted by Gasteiger charge is 2.25. The van der Waals surface area contributed by atoms with Crippen LogP contribution in [0.2, 0.25) is 5.15 Å². The lowest BCUT2D eigenvalue weighted by atomic mass is 10.1. The van der Waals surface area contributed by atoms with Crippen LogP contribution in [0.25, 0.3) is 0 Å². The third-order valence-electron chi connectivity index (χ3n) is 3.74. The van der Waals surface area contributed by atoms with Gasteiger partial charge in [0, 0.05) is 24.6 Å². The molecule has 3 rings (SSSR count). The van der Waals surface area contributed by atoms with E-state index in [1.807, 2.05) is 0 Å². The number of hydrogen-bond donors (Lipinski definition) is 0. The number of halogens is 2. The molecule has 0 fully saturated rings. The molecule has 0 unspecified atom stereocenters. The summed E-state index contributed by atoms with van der Waals surface area (Å²) in [6, 6.07) is 9.06. The molecule has 1 aromatic carbocycles. The van der Waals surface area contributed by atoms with Gasteiger partial charge in [0.25, 0.3) is 0 Å². The molecule has 0 bridgehead atoms. The number of aromatic nitrogens is 1. The fourth-order valence-electron chi connectivity index (χ4n) is 2.36. The number of nitrogens with zero attached hydrogens (tertiary/aromatic N) is 3. The minimum Gasteiger partial charge on any atom is -0.456 e. The molecule has 0 radical (unpaired) electrons. The number of ether oxygens (including phenoxy) is 1. The van der Waals surface area contributed by atoms with E-state index in [4.69, 9.17) is 16.3 Å². The zero-order chi connectivity index (χ0) is 18.5. The Morgan fingerprint density at radius 3 is 2.58 bits per heavy atom. The normalized spacial score (nSPS) is 14.2. The zero-order valence-corrected chi connectivity index (χ0v) is 14.4. The highest BCUT2D eigenvalue weighted by Crippen LogP contribution is 2.15. The molecule has 134 valence electrons. The summed E-state index contributed by atoms with van der Waals surface area (Å²) >= 11 is 5.70. The molecule has 8 heteroatoms. The van der Waals surface area contributed by atoms with E-state index in [0.717, 1.165) is 0 Å². The monoisotopic (exact) mass is 375 g/mol. The first kappa shape index (κ1) is 18.0. The summed E-state index contributed by atoms with van der Waals surface area (Å²) in [5.74, 6) is -1.15. The van der Waals surface area contributed by atoms with Gasteiger partial charge in [-0.25, -0.2) is 19.2 Å². The molecule has 0 spiro atoms. The summed E-state index contributed by atoms with van der Waals surface area (Å²) < 4.78 is 18.2. The largest absolute Gasteiger partial charge is 0.456 e. The van der Waals surface area contributed by atoms with Gasteiger partial charge >= 0.3 is 5.97 Å². The number of amides is 1. The van der Waals surface area contributed by atoms with Gasteiger partial charge in [-0.1, -0.05) is 29.8 Å². The van der Waals surface area contributed by atoms with Crippen molar-refractivity contribution < 1.29 is 18.7 Å². The highest BCUT2D eigenvalue weighted by atomic mass is 35.5. The third-order valence-corrected chi connectivity index (χ3v) is 3.97. The lowest BCUT2D eigenvalue weighted by molar-refractivity contribution is -0.137. The minimum atomic E-state index is -0.587. The Morgan fingerprint density at radius 2 is 1.88 bits per heavy atom. The summed E-state index contributed by atoms with van der Waals surface area (Å²) in [5, 5.41) is 5.66. The maximum Gasteiger partial charge on any atom is 0.354 e. The molecule has 0 aliphatic carbocycles. The summed E-state index contributed by atoms with van der Waals surface area (Å²) in [6.07, 6.45) is 1.90. The number of hydrogen-bond acceptors (Lipinski definition) is 5. The number of carbonyl (C=O) groups is 2. The quantitative estimate of drug-likeness (QED) is 0.594. The van der Waals surface area contributed by atoms with E-state index < -0.39 is 5.97 Å². The summed E-state index contributed by atoms with van der Waals surface area (Å²) in [5.41, 5.74) is 1.58. The van der Waals surface area contributed by atoms with Gasteiger partial charge in [-0.15, -0.1) is 0 Å². The fourth-order valence-corrected chi connectivity index (χ4v) is 2.47. The molecule has 1 amide bonds. The zero-order valence-electron chi connectivity index (χ0n) is 13.7. The topological polar surface area (TPSA) is 71.9 Å². The van der Waals surface area contributed by atoms with Crippen LogP contribution in [0.4, 0.5) is 4.39 Å². The number of benzene rings is 1. The number of hydrazone groups is 1. The first-order chi connectivity index (χ1) is 12.5. The van der Waals surface area contributed by atoms with Crippen LogP contribution in [-0.2, 0) is 27.5 Å². The average molecular weight is 376 g/mol. The number of esters is 1. The van der Waals surface area contributed by atoms with Gasteiger partial charge in [0.15, 0.2) is 0 Å². The Labute approximate surface area is 154 Å². The van der Waals surface area contributed by atoms with E-state index in [0.29, 0.717) is 16.3 Å². The standard InChI is InChI=1S/C18H15ClFN3O3/c19-16-7-3-13(9-21-16)11-26-18(25)15-6-8-17(24)23(22-15)10-12-1-4-14(20)5-2-12/h1-5,7,9H,6,8,10-11H2. The Kier molecular flexibility index (Phi) is 5.58. The van der Waals surface area contributed by atoms with Crippen LogP contribution in [0, 0.1) is 5.82 Å². The molecule has 26 heavy (non-hydrogen) atoms. The molecular formula is C18H15ClFN3O3. The molecule has 2 aromatic rings. The first-order valence-electron chi connectivity index (χ1n) is 7.91. The Hall–Kier alpha value is -2.80. The third kappa shape index (κ3) is 4.64. The van der Waals surface area contributed by atoms with Crippen LogP contribution in [0.1, 0.15) is 24.0 Å². The molecule has 0 N–H and O–H groups in total. The molecule has 6 nitrogen and oxygen atoms in total. The fraction of sp³-hybridized carbons (Fsp3) is 0.222. The van der Waals surface area contributed by atoms with E-state index in [1.165, 1.54) is 23.3 Å². The molecule has 0 saturated heterocycles. The maximum atomic E-state index is 13.0. The van der Waals surface area contributed by atoms with Crippen LogP contribution in [-0.4, -0.2) is 27.6 Å². The number of carbonyl (C=O) groups excluding carboxylic acids is 2. The predicted molar refractivity (Wildman–Crippen MR) is 92.7 cm³/mol. The predicted octanol–water partition coefficient (Wildman–Crippen LogP) is 3.10. The van der Waals surface area contributed by atoms with Crippen molar-refractivity contribution in [3.05, 3.63) is 64.7 Å². The van der Waals surface area contributed by atoms with Gasteiger partial charge in [-0.05, 0) is 23.8 Å². The van der Waals surface area contributed by atoms with Gasteiger partial charge in [-0.2, -0.15) is 5.10 Å². The van der Waals surface area contributed by atoms with Crippen molar-refractivity contribution in [3.8, 4) is 0 Å². The second kappa shape index (κ2) is 8.05. The average Bonchev–Trinajstić information content (AvgIpc) is 2.64. The van der Waals surface area contributed by atoms with Crippen molar-refractivity contribution in [2.75, 3.05) is 0 Å². The first-order valence-corrected chi connectivity index (χ1v) is 8.29. The molecule has 1 aliphatic heterocycles. The molecule has 2 heterocycles. The van der Waals surface area contributed by atoms with Gasteiger partial charge < -0.3 is 4.74 Å². The molecule has 1 aromatic heterocycles. The Balaban J connectivity index is 1.64. The van der Waals surface area contributed by atoms with E-state index in [1.54, 1.807) is 24.3 Å². The lowest BCUT2D eigenvalue weighted by Crippen LogP contribution is -2.34. The minimum absolute atomic E-state index is 0.0356. The van der Waals surface area contributed by atoms with Gasteiger partial charge in [-0.3, -0.25) is 4.79 Å². The second-order valence-corrected chi connectivity index (χ2v) is 6.08. The van der Waals surface area contributed by atoms with Crippen LogP contribution >= 0.6 is 11.6 Å². The van der Waals surface area contributed by atoms with Crippen molar-refractivity contribution in [1.82, 2.24) is 9.99 Å². The van der Waals surface area contributed by atoms with Gasteiger partial charge in [0.05, 0.1) is 6.54 Å². The summed E-state index contributed by atoms with van der Waals surface area (Å²) in [7, 11) is 0. The maximum absolute atomic E-state index is 13.0. The molecule has 1 aliphatic rings. The van der Waals surface area contributed by atoms with E-state index in [9.17, 15) is 14.0 Å². The van der Waals surface area contributed by atoms with Crippen LogP contribution in [0.5, 0.6) is 0 Å². The molecule has 0 atom stereocenters. The van der Waals surface area contributed by atoms with Crippen LogP contribution in [0.3, 0.4) is 0 Å². The molecular weight excluding hydrogens is 361 g/mol. The van der Waals surface area contributed by atoms with Crippen LogP contribution < -0.4 is 0 Å². The van der Waals surface area contributed by atoms with E-state index in [-0.39, 0.29) is 43.4 Å². The second-order valence-electron chi connectivity index (χ2n) is 5.69. The highest BCUT2D eigenvalue weighted by molar-refractivity contribution is 6.37. The van der Waals surface area contributed by atoms with Crippen molar-refractivity contribution >= 4 is 29.2 Å². The van der Waals surface area contributed by atoms with E-state index in [2.05, 4.69) is 10.1 Å². The number of rotatable bonds is 5. The smallest absolute Gasteiger partial charge is 0.354 e. The van der Waals surface area contributed by atoms with Crippen molar-refractivity contribution in [2.24, 2.45) is 5.10 Å². The SMILES string of the molecule is O=C(OCc1ccc(Cl)nc1)C1=NN(Cc2ccc(F)cc2)C(=O)CC1. The Bertz CT molecular complexity index is 838. The Morgan fingerprint density at radius 1 is 1.15 bits per heavy atom. The van der Waals surface area contributed by atoms with Crippen LogP contribution in [0.15, 0.2) is 47.7 Å².